The number of nitrogens with two attached hydrogens (primary N) is 1. The molecule has 1 aliphatic carbocycles. The summed E-state index contributed by atoms with van der Waals surface area (Å²) in [6.45, 7) is 1.86. The van der Waals surface area contributed by atoms with Crippen molar-refractivity contribution in [2.24, 2.45) is 5.92 Å². The maximum Gasteiger partial charge on any atom is 0.255 e. The number of para-hydroxylation sites is 2. The SMILES string of the molecule is Nc1ccccc1NC(=O)c1ccc(Nc2nc(-c3cnc4cccc(CNCC5CC5)n34)cs2)cc1. The van der Waals surface area contributed by atoms with Crippen LogP contribution in [0.3, 0.4) is 0 Å². The Morgan fingerprint density at radius 3 is 2.70 bits per heavy atom. The van der Waals surface area contributed by atoms with Gasteiger partial charge in [-0.05, 0) is 73.8 Å². The summed E-state index contributed by atoms with van der Waals surface area (Å²) in [6.07, 6.45) is 4.55. The second-order valence-electron chi connectivity index (χ2n) is 9.21. The van der Waals surface area contributed by atoms with Gasteiger partial charge in [-0.3, -0.25) is 9.20 Å². The number of hydrogen-bond donors (Lipinski definition) is 4. The number of carbonyl (C=O) groups is 1. The van der Waals surface area contributed by atoms with Crippen LogP contribution in [-0.4, -0.2) is 26.8 Å². The number of nitrogens with one attached hydrogen (secondary N) is 3. The maximum absolute atomic E-state index is 12.6. The molecule has 0 aliphatic heterocycles. The number of pyridine rings is 1. The van der Waals surface area contributed by atoms with Crippen molar-refractivity contribution in [3.8, 4) is 11.4 Å². The van der Waals surface area contributed by atoms with Gasteiger partial charge in [-0.2, -0.15) is 0 Å². The van der Waals surface area contributed by atoms with Crippen LogP contribution in [0.2, 0.25) is 0 Å². The number of nitrogen functional groups attached to an aromatic ring is 1. The molecule has 1 aliphatic rings. The summed E-state index contributed by atoms with van der Waals surface area (Å²) in [5.41, 5.74) is 12.4. The Kier molecular flexibility index (Phi) is 6.30. The lowest BCUT2D eigenvalue weighted by molar-refractivity contribution is 0.102. The van der Waals surface area contributed by atoms with Gasteiger partial charge in [0.05, 0.1) is 23.3 Å². The molecular formula is C28H27N7OS. The van der Waals surface area contributed by atoms with Crippen molar-refractivity contribution in [1.29, 1.82) is 0 Å². The second kappa shape index (κ2) is 10.0. The lowest BCUT2D eigenvalue weighted by Gasteiger charge is -2.09. The monoisotopic (exact) mass is 509 g/mol. The number of carbonyl (C=O) groups excluding carboxylic acids is 1. The van der Waals surface area contributed by atoms with E-state index in [1.165, 1.54) is 29.9 Å². The van der Waals surface area contributed by atoms with Crippen molar-refractivity contribution >= 4 is 45.1 Å². The molecule has 6 rings (SSSR count). The minimum absolute atomic E-state index is 0.212. The van der Waals surface area contributed by atoms with Crippen LogP contribution in [0.15, 0.2) is 78.3 Å². The fraction of sp³-hybridized carbons (Fsp3) is 0.179. The van der Waals surface area contributed by atoms with Crippen LogP contribution in [0.5, 0.6) is 0 Å². The van der Waals surface area contributed by atoms with Gasteiger partial charge in [0.1, 0.15) is 11.3 Å². The molecular weight excluding hydrogens is 482 g/mol. The molecule has 0 unspecified atom stereocenters. The fourth-order valence-corrected chi connectivity index (χ4v) is 4.96. The van der Waals surface area contributed by atoms with Crippen molar-refractivity contribution < 1.29 is 4.79 Å². The quantitative estimate of drug-likeness (QED) is 0.194. The van der Waals surface area contributed by atoms with Crippen molar-refractivity contribution in [1.82, 2.24) is 19.7 Å². The first-order chi connectivity index (χ1) is 18.1. The Hall–Kier alpha value is -4.21. The highest BCUT2D eigenvalue weighted by Crippen LogP contribution is 2.30. The first kappa shape index (κ1) is 23.2. The summed E-state index contributed by atoms with van der Waals surface area (Å²) >= 11 is 1.53. The first-order valence-corrected chi connectivity index (χ1v) is 13.2. The second-order valence-corrected chi connectivity index (χ2v) is 10.1. The van der Waals surface area contributed by atoms with Gasteiger partial charge in [0.2, 0.25) is 0 Å². The summed E-state index contributed by atoms with van der Waals surface area (Å²) in [5, 5.41) is 12.6. The molecule has 0 spiro atoms. The molecule has 1 amide bonds. The highest BCUT2D eigenvalue weighted by molar-refractivity contribution is 7.14. The van der Waals surface area contributed by atoms with Crippen LogP contribution >= 0.6 is 11.3 Å². The molecule has 0 bridgehead atoms. The lowest BCUT2D eigenvalue weighted by Crippen LogP contribution is -2.18. The Labute approximate surface area is 218 Å². The first-order valence-electron chi connectivity index (χ1n) is 12.3. The van der Waals surface area contributed by atoms with Gasteiger partial charge < -0.3 is 21.7 Å². The molecule has 5 N–H and O–H groups in total. The number of aromatic nitrogens is 3. The predicted octanol–water partition coefficient (Wildman–Crippen LogP) is 5.54. The summed E-state index contributed by atoms with van der Waals surface area (Å²) in [5.74, 6) is 0.621. The number of nitrogens with zero attached hydrogens (tertiary/aromatic N) is 3. The van der Waals surface area contributed by atoms with Crippen molar-refractivity contribution in [2.45, 2.75) is 19.4 Å². The lowest BCUT2D eigenvalue weighted by atomic mass is 10.2. The molecule has 5 aromatic rings. The third-order valence-corrected chi connectivity index (χ3v) is 7.18. The molecule has 1 fully saturated rings. The van der Waals surface area contributed by atoms with Gasteiger partial charge >= 0.3 is 0 Å². The predicted molar refractivity (Wildman–Crippen MR) is 149 cm³/mol. The van der Waals surface area contributed by atoms with E-state index in [9.17, 15) is 4.79 Å². The summed E-state index contributed by atoms with van der Waals surface area (Å²) in [4.78, 5) is 22.0. The van der Waals surface area contributed by atoms with E-state index in [2.05, 4.69) is 31.4 Å². The van der Waals surface area contributed by atoms with Gasteiger partial charge in [0.25, 0.3) is 5.91 Å². The molecule has 37 heavy (non-hydrogen) atoms. The van der Waals surface area contributed by atoms with Crippen molar-refractivity contribution in [3.05, 3.63) is 89.6 Å². The van der Waals surface area contributed by atoms with E-state index in [1.54, 1.807) is 24.3 Å². The fourth-order valence-electron chi connectivity index (χ4n) is 4.23. The van der Waals surface area contributed by atoms with Gasteiger partial charge in [-0.25, -0.2) is 9.97 Å². The van der Waals surface area contributed by atoms with E-state index >= 15 is 0 Å². The summed E-state index contributed by atoms with van der Waals surface area (Å²) in [7, 11) is 0. The molecule has 186 valence electrons. The van der Waals surface area contributed by atoms with Crippen LogP contribution in [0.25, 0.3) is 17.0 Å². The molecule has 0 atom stereocenters. The number of benzene rings is 2. The third kappa shape index (κ3) is 5.18. The Morgan fingerprint density at radius 1 is 1.05 bits per heavy atom. The molecule has 2 aromatic carbocycles. The Balaban J connectivity index is 1.15. The number of imidazole rings is 1. The van der Waals surface area contributed by atoms with Gasteiger partial charge in [0, 0.05) is 28.9 Å². The van der Waals surface area contributed by atoms with E-state index in [1.807, 2.05) is 48.0 Å². The largest absolute Gasteiger partial charge is 0.397 e. The zero-order valence-corrected chi connectivity index (χ0v) is 21.0. The average Bonchev–Trinajstić information content (AvgIpc) is 3.44. The van der Waals surface area contributed by atoms with E-state index in [0.717, 1.165) is 46.9 Å². The zero-order chi connectivity index (χ0) is 25.2. The Morgan fingerprint density at radius 2 is 1.89 bits per heavy atom. The molecule has 0 radical (unpaired) electrons. The number of rotatable bonds is 9. The smallest absolute Gasteiger partial charge is 0.255 e. The van der Waals surface area contributed by atoms with Gasteiger partial charge in [-0.1, -0.05) is 18.2 Å². The van der Waals surface area contributed by atoms with E-state index in [4.69, 9.17) is 10.7 Å². The number of amides is 1. The standard InChI is InChI=1S/C28H27N7OS/c29-22-5-1-2-6-23(22)33-27(36)19-10-12-20(13-11-19)32-28-34-24(17-37-28)25-16-31-26-7-3-4-21(35(25)26)15-30-14-18-8-9-18/h1-7,10-13,16-18,30H,8-9,14-15,29H2,(H,32,34)(H,33,36). The van der Waals surface area contributed by atoms with Crippen LogP contribution in [0.4, 0.5) is 22.2 Å². The van der Waals surface area contributed by atoms with Crippen LogP contribution in [0.1, 0.15) is 28.9 Å². The molecule has 0 saturated heterocycles. The normalized spacial score (nSPS) is 13.1. The maximum atomic E-state index is 12.6. The number of hydrogen-bond acceptors (Lipinski definition) is 7. The Bertz CT molecular complexity index is 1550. The van der Waals surface area contributed by atoms with Crippen molar-refractivity contribution in [3.63, 3.8) is 0 Å². The van der Waals surface area contributed by atoms with Crippen LogP contribution < -0.4 is 21.7 Å². The van der Waals surface area contributed by atoms with Crippen molar-refractivity contribution in [2.75, 3.05) is 22.9 Å². The highest BCUT2D eigenvalue weighted by atomic mass is 32.1. The van der Waals surface area contributed by atoms with E-state index in [0.29, 0.717) is 16.9 Å². The molecule has 8 nitrogen and oxygen atoms in total. The minimum atomic E-state index is -0.212. The van der Waals surface area contributed by atoms with Gasteiger partial charge in [0.15, 0.2) is 5.13 Å². The molecule has 3 heterocycles. The van der Waals surface area contributed by atoms with Gasteiger partial charge in [-0.15, -0.1) is 11.3 Å². The molecule has 1 saturated carbocycles. The van der Waals surface area contributed by atoms with E-state index in [-0.39, 0.29) is 5.91 Å². The molecule has 3 aromatic heterocycles. The van der Waals surface area contributed by atoms with Crippen LogP contribution in [-0.2, 0) is 6.54 Å². The average molecular weight is 510 g/mol. The topological polar surface area (TPSA) is 109 Å². The van der Waals surface area contributed by atoms with E-state index < -0.39 is 0 Å². The highest BCUT2D eigenvalue weighted by Gasteiger charge is 2.20. The summed E-state index contributed by atoms with van der Waals surface area (Å²) in [6, 6.07) is 20.7. The number of thiazole rings is 1. The van der Waals surface area contributed by atoms with Crippen LogP contribution in [0, 0.1) is 5.92 Å². The summed E-state index contributed by atoms with van der Waals surface area (Å²) < 4.78 is 2.17. The molecule has 9 heteroatoms. The zero-order valence-electron chi connectivity index (χ0n) is 20.1. The number of fused-ring (bicyclic) bond motifs is 1. The minimum Gasteiger partial charge on any atom is -0.397 e. The third-order valence-electron chi connectivity index (χ3n) is 6.42. The number of anilines is 4.